The first kappa shape index (κ1) is 11.6. The third-order valence-electron chi connectivity index (χ3n) is 2.48. The van der Waals surface area contributed by atoms with Crippen molar-refractivity contribution >= 4 is 28.1 Å². The molecule has 1 aliphatic rings. The Bertz CT molecular complexity index is 395. The Morgan fingerprint density at radius 3 is 3.19 bits per heavy atom. The van der Waals surface area contributed by atoms with Crippen LogP contribution in [-0.2, 0) is 4.74 Å². The number of thiazole rings is 1. The second kappa shape index (κ2) is 5.48. The van der Waals surface area contributed by atoms with E-state index < -0.39 is 0 Å². The number of halogens is 1. The van der Waals surface area contributed by atoms with E-state index in [1.54, 1.807) is 0 Å². The highest BCUT2D eigenvalue weighted by Crippen LogP contribution is 2.26. The van der Waals surface area contributed by atoms with Crippen LogP contribution in [0.5, 0.6) is 0 Å². The number of ether oxygens (including phenoxy) is 1. The molecular weight excluding hydrogens is 246 g/mol. The zero-order valence-electron chi connectivity index (χ0n) is 8.70. The van der Waals surface area contributed by atoms with E-state index in [1.165, 1.54) is 17.8 Å². The molecular formula is C10H12ClN3OS. The molecule has 1 aromatic heterocycles. The van der Waals surface area contributed by atoms with Gasteiger partial charge in [0.1, 0.15) is 10.9 Å². The molecule has 0 aromatic carbocycles. The Balaban J connectivity index is 1.86. The number of anilines is 1. The van der Waals surface area contributed by atoms with Crippen molar-refractivity contribution in [3.8, 4) is 6.07 Å². The highest BCUT2D eigenvalue weighted by Gasteiger charge is 2.15. The quantitative estimate of drug-likeness (QED) is 0.904. The summed E-state index contributed by atoms with van der Waals surface area (Å²) < 4.78 is 5.39. The number of nitrogens with one attached hydrogen (secondary N) is 1. The molecule has 6 heteroatoms. The molecule has 1 unspecified atom stereocenters. The average molecular weight is 258 g/mol. The van der Waals surface area contributed by atoms with E-state index in [0.717, 1.165) is 26.2 Å². The highest BCUT2D eigenvalue weighted by atomic mass is 35.5. The van der Waals surface area contributed by atoms with Crippen molar-refractivity contribution in [3.05, 3.63) is 10.0 Å². The summed E-state index contributed by atoms with van der Waals surface area (Å²) in [5.74, 6) is 0.530. The summed E-state index contributed by atoms with van der Waals surface area (Å²) in [5, 5.41) is 12.9. The lowest BCUT2D eigenvalue weighted by Crippen LogP contribution is -2.24. The largest absolute Gasteiger partial charge is 0.381 e. The first-order valence-electron chi connectivity index (χ1n) is 5.17. The Kier molecular flexibility index (Phi) is 3.99. The van der Waals surface area contributed by atoms with Crippen LogP contribution in [0, 0.1) is 17.2 Å². The summed E-state index contributed by atoms with van der Waals surface area (Å²) in [5.41, 5.74) is 0. The van der Waals surface area contributed by atoms with Crippen molar-refractivity contribution in [3.63, 3.8) is 0 Å². The van der Waals surface area contributed by atoms with Crippen LogP contribution in [0.3, 0.4) is 0 Å². The zero-order valence-corrected chi connectivity index (χ0v) is 10.3. The number of aromatic nitrogens is 1. The van der Waals surface area contributed by atoms with Gasteiger partial charge in [-0.3, -0.25) is 0 Å². The van der Waals surface area contributed by atoms with Gasteiger partial charge < -0.3 is 10.1 Å². The van der Waals surface area contributed by atoms with E-state index in [1.807, 2.05) is 6.07 Å². The molecule has 0 bridgehead atoms. The summed E-state index contributed by atoms with van der Waals surface area (Å²) in [6, 6.07) is 2.01. The van der Waals surface area contributed by atoms with Gasteiger partial charge in [0.2, 0.25) is 0 Å². The van der Waals surface area contributed by atoms with E-state index >= 15 is 0 Å². The van der Waals surface area contributed by atoms with Crippen LogP contribution >= 0.6 is 22.9 Å². The van der Waals surface area contributed by atoms with Crippen LogP contribution in [0.15, 0.2) is 0 Å². The van der Waals surface area contributed by atoms with Gasteiger partial charge in [-0.2, -0.15) is 5.26 Å². The smallest absolute Gasteiger partial charge is 0.185 e. The van der Waals surface area contributed by atoms with Gasteiger partial charge in [0.15, 0.2) is 10.3 Å². The molecule has 16 heavy (non-hydrogen) atoms. The van der Waals surface area contributed by atoms with Crippen LogP contribution in [0.1, 0.15) is 17.7 Å². The lowest BCUT2D eigenvalue weighted by Gasteiger charge is -2.21. The summed E-state index contributed by atoms with van der Waals surface area (Å²) in [7, 11) is 0. The monoisotopic (exact) mass is 257 g/mol. The van der Waals surface area contributed by atoms with Crippen molar-refractivity contribution in [1.29, 1.82) is 5.26 Å². The number of hydrogen-bond donors (Lipinski definition) is 1. The van der Waals surface area contributed by atoms with Crippen molar-refractivity contribution in [2.45, 2.75) is 12.8 Å². The summed E-state index contributed by atoms with van der Waals surface area (Å²) >= 11 is 7.07. The summed E-state index contributed by atoms with van der Waals surface area (Å²) in [6.45, 7) is 2.50. The van der Waals surface area contributed by atoms with E-state index in [9.17, 15) is 0 Å². The third-order valence-corrected chi connectivity index (χ3v) is 3.79. The molecule has 1 fully saturated rings. The molecule has 4 nitrogen and oxygen atoms in total. The molecule has 1 N–H and O–H groups in total. The van der Waals surface area contributed by atoms with Gasteiger partial charge in [-0.05, 0) is 18.8 Å². The maximum absolute atomic E-state index is 8.74. The predicted octanol–water partition coefficient (Wildman–Crippen LogP) is 2.51. The molecule has 0 saturated carbocycles. The first-order valence-corrected chi connectivity index (χ1v) is 6.37. The summed E-state index contributed by atoms with van der Waals surface area (Å²) in [6.07, 6.45) is 2.30. The zero-order chi connectivity index (χ0) is 11.4. The lowest BCUT2D eigenvalue weighted by atomic mass is 10.0. The van der Waals surface area contributed by atoms with Crippen molar-refractivity contribution in [2.24, 2.45) is 5.92 Å². The highest BCUT2D eigenvalue weighted by molar-refractivity contribution is 7.16. The SMILES string of the molecule is N#Cc1sc(NCC2CCCOC2)nc1Cl. The van der Waals surface area contributed by atoms with Crippen LogP contribution in [0.4, 0.5) is 5.13 Å². The van der Waals surface area contributed by atoms with Gasteiger partial charge in [0.25, 0.3) is 0 Å². The van der Waals surface area contributed by atoms with Gasteiger partial charge in [-0.1, -0.05) is 22.9 Å². The molecule has 1 saturated heterocycles. The van der Waals surface area contributed by atoms with Gasteiger partial charge in [0.05, 0.1) is 6.61 Å². The van der Waals surface area contributed by atoms with Gasteiger partial charge in [-0.15, -0.1) is 0 Å². The standard InChI is InChI=1S/C10H12ClN3OS/c11-9-8(4-12)16-10(14-9)13-5-7-2-1-3-15-6-7/h7H,1-3,5-6H2,(H,13,14). The molecule has 0 aliphatic carbocycles. The van der Waals surface area contributed by atoms with Crippen molar-refractivity contribution in [2.75, 3.05) is 25.1 Å². The van der Waals surface area contributed by atoms with E-state index in [-0.39, 0.29) is 5.15 Å². The fourth-order valence-electron chi connectivity index (χ4n) is 1.65. The Hall–Kier alpha value is -0.830. The maximum atomic E-state index is 8.74. The third kappa shape index (κ3) is 2.85. The topological polar surface area (TPSA) is 57.9 Å². The van der Waals surface area contributed by atoms with Crippen molar-refractivity contribution < 1.29 is 4.74 Å². The number of rotatable bonds is 3. The summed E-state index contributed by atoms with van der Waals surface area (Å²) in [4.78, 5) is 4.54. The average Bonchev–Trinajstić information content (AvgIpc) is 2.69. The molecule has 0 spiro atoms. The van der Waals surface area contributed by atoms with E-state index in [2.05, 4.69) is 10.3 Å². The van der Waals surface area contributed by atoms with Crippen LogP contribution in [0.2, 0.25) is 5.15 Å². The minimum atomic E-state index is 0.287. The van der Waals surface area contributed by atoms with E-state index in [0.29, 0.717) is 15.9 Å². The lowest BCUT2D eigenvalue weighted by molar-refractivity contribution is 0.0595. The number of nitriles is 1. The molecule has 1 atom stereocenters. The van der Waals surface area contributed by atoms with Crippen LogP contribution in [-0.4, -0.2) is 24.7 Å². The fraction of sp³-hybridized carbons (Fsp3) is 0.600. The Morgan fingerprint density at radius 1 is 1.69 bits per heavy atom. The molecule has 1 aliphatic heterocycles. The molecule has 0 amide bonds. The van der Waals surface area contributed by atoms with Gasteiger partial charge in [-0.25, -0.2) is 4.98 Å². The fourth-order valence-corrected chi connectivity index (χ4v) is 2.60. The Labute approximate surface area is 103 Å². The number of nitrogens with zero attached hydrogens (tertiary/aromatic N) is 2. The second-order valence-corrected chi connectivity index (χ2v) is 5.07. The van der Waals surface area contributed by atoms with Gasteiger partial charge in [0, 0.05) is 13.2 Å². The van der Waals surface area contributed by atoms with Crippen LogP contribution < -0.4 is 5.32 Å². The normalized spacial score (nSPS) is 20.4. The maximum Gasteiger partial charge on any atom is 0.185 e. The van der Waals surface area contributed by atoms with Crippen LogP contribution in [0.25, 0.3) is 0 Å². The second-order valence-electron chi connectivity index (χ2n) is 3.71. The van der Waals surface area contributed by atoms with Gasteiger partial charge >= 0.3 is 0 Å². The first-order chi connectivity index (χ1) is 7.79. The van der Waals surface area contributed by atoms with E-state index in [4.69, 9.17) is 21.6 Å². The molecule has 86 valence electrons. The molecule has 2 rings (SSSR count). The number of hydrogen-bond acceptors (Lipinski definition) is 5. The van der Waals surface area contributed by atoms with Crippen molar-refractivity contribution in [1.82, 2.24) is 4.98 Å². The molecule has 1 aromatic rings. The minimum absolute atomic E-state index is 0.287. The molecule has 2 heterocycles. The molecule has 0 radical (unpaired) electrons. The minimum Gasteiger partial charge on any atom is -0.381 e. The predicted molar refractivity (Wildman–Crippen MR) is 63.9 cm³/mol. The Morgan fingerprint density at radius 2 is 2.56 bits per heavy atom.